The zero-order valence-corrected chi connectivity index (χ0v) is 19.0. The van der Waals surface area contributed by atoms with E-state index in [1.54, 1.807) is 13.8 Å². The van der Waals surface area contributed by atoms with Crippen molar-refractivity contribution in [1.29, 1.82) is 0 Å². The van der Waals surface area contributed by atoms with Crippen molar-refractivity contribution >= 4 is 27.3 Å². The van der Waals surface area contributed by atoms with Crippen LogP contribution in [-0.2, 0) is 21.4 Å². The van der Waals surface area contributed by atoms with Crippen LogP contribution in [0.25, 0.3) is 0 Å². The molecule has 4 rings (SSSR count). The molecular formula is C21H24N4O4S2. The van der Waals surface area contributed by atoms with E-state index in [-0.39, 0.29) is 35.6 Å². The average Bonchev–Trinajstić information content (AvgIpc) is 3.34. The summed E-state index contributed by atoms with van der Waals surface area (Å²) in [7, 11) is -3.69. The lowest BCUT2D eigenvalue weighted by Crippen LogP contribution is -2.40. The maximum absolute atomic E-state index is 13.0. The van der Waals surface area contributed by atoms with Gasteiger partial charge in [-0.3, -0.25) is 4.79 Å². The molecule has 31 heavy (non-hydrogen) atoms. The Balaban J connectivity index is 1.44. The van der Waals surface area contributed by atoms with Gasteiger partial charge in [-0.25, -0.2) is 8.42 Å². The van der Waals surface area contributed by atoms with E-state index in [4.69, 9.17) is 4.52 Å². The summed E-state index contributed by atoms with van der Waals surface area (Å²) in [6.45, 7) is 4.39. The molecule has 1 fully saturated rings. The number of hydrogen-bond acceptors (Lipinski definition) is 6. The number of rotatable bonds is 5. The second-order valence-electron chi connectivity index (χ2n) is 7.58. The second-order valence-corrected chi connectivity index (χ2v) is 10.3. The standard InChI is InChI=1S/C21H24N4O4S2/c1-15-19(16(2)29-23-15)31(27,28)25-10-8-18(9-11-25)20(26)22-21-24(12-13-30-21)14-17-6-4-3-5-7-17/h3-7,12-13,18H,8-11,14H2,1-2H3. The van der Waals surface area contributed by atoms with Crippen LogP contribution in [0.1, 0.15) is 29.9 Å². The lowest BCUT2D eigenvalue weighted by molar-refractivity contribution is -0.122. The molecular weight excluding hydrogens is 436 g/mol. The normalized spacial score (nSPS) is 16.6. The Morgan fingerprint density at radius 2 is 1.94 bits per heavy atom. The van der Waals surface area contributed by atoms with Gasteiger partial charge in [0.05, 0.1) is 0 Å². The van der Waals surface area contributed by atoms with Crippen LogP contribution in [0.15, 0.2) is 56.3 Å². The summed E-state index contributed by atoms with van der Waals surface area (Å²) in [5, 5.41) is 5.66. The van der Waals surface area contributed by atoms with E-state index >= 15 is 0 Å². The summed E-state index contributed by atoms with van der Waals surface area (Å²) >= 11 is 1.42. The van der Waals surface area contributed by atoms with E-state index in [2.05, 4.69) is 10.1 Å². The molecule has 2 aromatic heterocycles. The molecule has 0 bridgehead atoms. The third-order valence-corrected chi connectivity index (χ3v) is 8.37. The minimum Gasteiger partial charge on any atom is -0.360 e. The molecule has 0 aliphatic carbocycles. The van der Waals surface area contributed by atoms with E-state index in [9.17, 15) is 13.2 Å². The molecule has 3 aromatic rings. The van der Waals surface area contributed by atoms with Crippen LogP contribution < -0.4 is 4.80 Å². The SMILES string of the molecule is Cc1noc(C)c1S(=O)(=O)N1CCC(C(=O)N=c2sccn2Cc2ccccc2)CC1. The van der Waals surface area contributed by atoms with Crippen molar-refractivity contribution in [2.45, 2.75) is 38.1 Å². The molecule has 0 spiro atoms. The molecule has 10 heteroatoms. The number of aromatic nitrogens is 2. The lowest BCUT2D eigenvalue weighted by Gasteiger charge is -2.29. The molecule has 164 valence electrons. The summed E-state index contributed by atoms with van der Waals surface area (Å²) < 4.78 is 34.3. The number of carbonyl (C=O) groups is 1. The molecule has 3 heterocycles. The highest BCUT2D eigenvalue weighted by Gasteiger charge is 2.35. The molecule has 0 atom stereocenters. The first-order valence-electron chi connectivity index (χ1n) is 10.1. The smallest absolute Gasteiger partial charge is 0.251 e. The topological polar surface area (TPSA) is 97.8 Å². The third-order valence-electron chi connectivity index (χ3n) is 5.43. The minimum atomic E-state index is -3.69. The monoisotopic (exact) mass is 460 g/mol. The van der Waals surface area contributed by atoms with Gasteiger partial charge < -0.3 is 9.09 Å². The Morgan fingerprint density at radius 1 is 1.23 bits per heavy atom. The van der Waals surface area contributed by atoms with Crippen LogP contribution in [0.3, 0.4) is 0 Å². The highest BCUT2D eigenvalue weighted by atomic mass is 32.2. The van der Waals surface area contributed by atoms with E-state index in [0.717, 1.165) is 5.56 Å². The van der Waals surface area contributed by atoms with Crippen LogP contribution in [0.2, 0.25) is 0 Å². The molecule has 0 unspecified atom stereocenters. The maximum atomic E-state index is 13.0. The third kappa shape index (κ3) is 4.56. The predicted octanol–water partition coefficient (Wildman–Crippen LogP) is 2.73. The zero-order valence-electron chi connectivity index (χ0n) is 17.4. The summed E-state index contributed by atoms with van der Waals surface area (Å²) in [5.41, 5.74) is 1.49. The minimum absolute atomic E-state index is 0.127. The van der Waals surface area contributed by atoms with Gasteiger partial charge in [0.15, 0.2) is 10.6 Å². The van der Waals surface area contributed by atoms with Gasteiger partial charge >= 0.3 is 0 Å². The van der Waals surface area contributed by atoms with Crippen LogP contribution >= 0.6 is 11.3 Å². The molecule has 1 saturated heterocycles. The van der Waals surface area contributed by atoms with E-state index in [1.807, 2.05) is 46.5 Å². The Labute approximate surface area is 184 Å². The largest absolute Gasteiger partial charge is 0.360 e. The van der Waals surface area contributed by atoms with Crippen molar-refractivity contribution < 1.29 is 17.7 Å². The van der Waals surface area contributed by atoms with Crippen molar-refractivity contribution in [2.24, 2.45) is 10.9 Å². The van der Waals surface area contributed by atoms with Crippen LogP contribution in [0.4, 0.5) is 0 Å². The number of hydrogen-bond donors (Lipinski definition) is 0. The van der Waals surface area contributed by atoms with Crippen molar-refractivity contribution in [1.82, 2.24) is 14.0 Å². The summed E-state index contributed by atoms with van der Waals surface area (Å²) in [4.78, 5) is 17.9. The van der Waals surface area contributed by atoms with E-state index < -0.39 is 10.0 Å². The zero-order chi connectivity index (χ0) is 22.0. The molecule has 1 aliphatic heterocycles. The van der Waals surface area contributed by atoms with Crippen molar-refractivity contribution in [3.63, 3.8) is 0 Å². The van der Waals surface area contributed by atoms with Crippen molar-refractivity contribution in [2.75, 3.05) is 13.1 Å². The van der Waals surface area contributed by atoms with Crippen molar-refractivity contribution in [3.05, 3.63) is 63.7 Å². The highest BCUT2D eigenvalue weighted by Crippen LogP contribution is 2.28. The number of carbonyl (C=O) groups excluding carboxylic acids is 1. The van der Waals surface area contributed by atoms with Gasteiger partial charge in [0.1, 0.15) is 10.6 Å². The second kappa shape index (κ2) is 8.89. The number of benzene rings is 1. The molecule has 1 aliphatic rings. The fraction of sp³-hybridized carbons (Fsp3) is 0.381. The summed E-state index contributed by atoms with van der Waals surface area (Å²) in [6.07, 6.45) is 2.80. The van der Waals surface area contributed by atoms with Gasteiger partial charge in [0, 0.05) is 37.1 Å². The number of amides is 1. The Hall–Kier alpha value is -2.56. The van der Waals surface area contributed by atoms with E-state index in [0.29, 0.717) is 29.9 Å². The quantitative estimate of drug-likeness (QED) is 0.583. The van der Waals surface area contributed by atoms with Gasteiger partial charge in [-0.2, -0.15) is 9.30 Å². The van der Waals surface area contributed by atoms with Gasteiger partial charge in [0.25, 0.3) is 5.91 Å². The molecule has 1 aromatic carbocycles. The number of sulfonamides is 1. The predicted molar refractivity (Wildman–Crippen MR) is 116 cm³/mol. The summed E-state index contributed by atoms with van der Waals surface area (Å²) in [6, 6.07) is 9.99. The Morgan fingerprint density at radius 3 is 2.58 bits per heavy atom. The summed E-state index contributed by atoms with van der Waals surface area (Å²) in [5.74, 6) is -0.201. The van der Waals surface area contributed by atoms with Gasteiger partial charge in [-0.15, -0.1) is 11.3 Å². The lowest BCUT2D eigenvalue weighted by atomic mass is 9.98. The first-order chi connectivity index (χ1) is 14.9. The van der Waals surface area contributed by atoms with Gasteiger partial charge in [0.2, 0.25) is 10.0 Å². The number of piperidine rings is 1. The molecule has 8 nitrogen and oxygen atoms in total. The molecule has 0 radical (unpaired) electrons. The fourth-order valence-electron chi connectivity index (χ4n) is 3.79. The van der Waals surface area contributed by atoms with Crippen LogP contribution in [0.5, 0.6) is 0 Å². The molecule has 0 N–H and O–H groups in total. The highest BCUT2D eigenvalue weighted by molar-refractivity contribution is 7.89. The van der Waals surface area contributed by atoms with Gasteiger partial charge in [-0.1, -0.05) is 35.5 Å². The van der Waals surface area contributed by atoms with Crippen LogP contribution in [0, 0.1) is 19.8 Å². The number of aryl methyl sites for hydroxylation is 2. The van der Waals surface area contributed by atoms with Crippen molar-refractivity contribution in [3.8, 4) is 0 Å². The average molecular weight is 461 g/mol. The Kier molecular flexibility index (Phi) is 6.22. The maximum Gasteiger partial charge on any atom is 0.251 e. The van der Waals surface area contributed by atoms with Crippen LogP contribution in [-0.4, -0.2) is 41.4 Å². The fourth-order valence-corrected chi connectivity index (χ4v) is 6.28. The number of nitrogens with zero attached hydrogens (tertiary/aromatic N) is 4. The molecule has 0 saturated carbocycles. The molecule has 1 amide bonds. The number of thiazole rings is 1. The van der Waals surface area contributed by atoms with E-state index in [1.165, 1.54) is 15.6 Å². The first kappa shape index (κ1) is 21.7. The van der Waals surface area contributed by atoms with Gasteiger partial charge in [-0.05, 0) is 32.3 Å². The Bertz CT molecular complexity index is 1210. The first-order valence-corrected chi connectivity index (χ1v) is 12.4.